The number of amidine groups is 1. The van der Waals surface area contributed by atoms with Crippen LogP contribution >= 0.6 is 0 Å². The zero-order valence-corrected chi connectivity index (χ0v) is 8.01. The highest BCUT2D eigenvalue weighted by molar-refractivity contribution is 5.81. The Morgan fingerprint density at radius 3 is 3.08 bits per heavy atom. The fraction of sp³-hybridized carbons (Fsp3) is 0.900. The van der Waals surface area contributed by atoms with Crippen LogP contribution in [-0.4, -0.2) is 17.9 Å². The van der Waals surface area contributed by atoms with E-state index in [0.717, 1.165) is 11.8 Å². The first-order valence-electron chi connectivity index (χ1n) is 5.06. The van der Waals surface area contributed by atoms with E-state index in [1.54, 1.807) is 0 Å². The summed E-state index contributed by atoms with van der Waals surface area (Å²) in [5.74, 6) is 2.03. The van der Waals surface area contributed by atoms with E-state index < -0.39 is 0 Å². The molecule has 3 unspecified atom stereocenters. The zero-order chi connectivity index (χ0) is 8.55. The van der Waals surface area contributed by atoms with E-state index in [0.29, 0.717) is 12.1 Å². The summed E-state index contributed by atoms with van der Waals surface area (Å²) in [7, 11) is 0. The molecule has 68 valence electrons. The Morgan fingerprint density at radius 2 is 2.25 bits per heavy atom. The first-order valence-corrected chi connectivity index (χ1v) is 5.06. The second-order valence-corrected chi connectivity index (χ2v) is 4.30. The average Bonchev–Trinajstić information content (AvgIpc) is 2.23. The number of hydrogen-bond acceptors (Lipinski definition) is 2. The highest BCUT2D eigenvalue weighted by Crippen LogP contribution is 2.27. The summed E-state index contributed by atoms with van der Waals surface area (Å²) in [6.45, 7) is 4.44. The Hall–Kier alpha value is -0.530. The number of aliphatic imine (C=N–C) groups is 1. The normalized spacial score (nSPS) is 41.2. The molecule has 3 atom stereocenters. The summed E-state index contributed by atoms with van der Waals surface area (Å²) < 4.78 is 0. The van der Waals surface area contributed by atoms with Gasteiger partial charge in [0.25, 0.3) is 0 Å². The molecule has 0 radical (unpaired) electrons. The van der Waals surface area contributed by atoms with Gasteiger partial charge in [0.2, 0.25) is 0 Å². The number of fused-ring (bicyclic) bond motifs is 1. The van der Waals surface area contributed by atoms with Gasteiger partial charge in [-0.05, 0) is 25.7 Å². The summed E-state index contributed by atoms with van der Waals surface area (Å²) in [6.07, 6.45) is 5.36. The van der Waals surface area contributed by atoms with Crippen molar-refractivity contribution in [2.75, 3.05) is 0 Å². The van der Waals surface area contributed by atoms with Gasteiger partial charge in [0.15, 0.2) is 0 Å². The molecule has 0 saturated heterocycles. The lowest BCUT2D eigenvalue weighted by atomic mass is 9.99. The van der Waals surface area contributed by atoms with E-state index in [1.165, 1.54) is 25.7 Å². The van der Waals surface area contributed by atoms with Crippen molar-refractivity contribution in [2.24, 2.45) is 10.9 Å². The van der Waals surface area contributed by atoms with Crippen LogP contribution in [0.2, 0.25) is 0 Å². The van der Waals surface area contributed by atoms with Gasteiger partial charge < -0.3 is 5.32 Å². The average molecular weight is 166 g/mol. The molecule has 0 aromatic rings. The molecule has 0 bridgehead atoms. The minimum absolute atomic E-state index is 0.593. The van der Waals surface area contributed by atoms with Gasteiger partial charge in [-0.25, -0.2) is 0 Å². The first-order chi connectivity index (χ1) is 5.75. The van der Waals surface area contributed by atoms with Crippen LogP contribution in [0.1, 0.15) is 39.5 Å². The van der Waals surface area contributed by atoms with E-state index >= 15 is 0 Å². The highest BCUT2D eigenvalue weighted by Gasteiger charge is 2.30. The lowest BCUT2D eigenvalue weighted by Gasteiger charge is -2.16. The molecule has 0 amide bonds. The molecule has 1 fully saturated rings. The third kappa shape index (κ3) is 1.47. The molecule has 2 nitrogen and oxygen atoms in total. The van der Waals surface area contributed by atoms with Crippen molar-refractivity contribution < 1.29 is 0 Å². The van der Waals surface area contributed by atoms with Gasteiger partial charge in [0.1, 0.15) is 0 Å². The Morgan fingerprint density at radius 1 is 1.42 bits per heavy atom. The number of nitrogens with one attached hydrogen (secondary N) is 1. The Balaban J connectivity index is 2.05. The van der Waals surface area contributed by atoms with Gasteiger partial charge in [-0.2, -0.15) is 0 Å². The van der Waals surface area contributed by atoms with Gasteiger partial charge >= 0.3 is 0 Å². The van der Waals surface area contributed by atoms with Crippen molar-refractivity contribution >= 4 is 5.84 Å². The quantitative estimate of drug-likeness (QED) is 0.584. The molecule has 2 rings (SSSR count). The van der Waals surface area contributed by atoms with Crippen molar-refractivity contribution in [3.05, 3.63) is 0 Å². The van der Waals surface area contributed by atoms with Crippen LogP contribution in [0.4, 0.5) is 0 Å². The minimum atomic E-state index is 0.593. The number of rotatable bonds is 0. The minimum Gasteiger partial charge on any atom is -0.369 e. The molecule has 0 aromatic heterocycles. The van der Waals surface area contributed by atoms with Gasteiger partial charge in [0.05, 0.1) is 11.9 Å². The molecule has 12 heavy (non-hydrogen) atoms. The molecule has 2 aliphatic rings. The fourth-order valence-electron chi connectivity index (χ4n) is 2.45. The van der Waals surface area contributed by atoms with Crippen molar-refractivity contribution in [2.45, 2.75) is 51.6 Å². The molecule has 1 aliphatic carbocycles. The van der Waals surface area contributed by atoms with Crippen molar-refractivity contribution in [3.63, 3.8) is 0 Å². The van der Waals surface area contributed by atoms with E-state index in [1.807, 2.05) is 0 Å². The van der Waals surface area contributed by atoms with Crippen LogP contribution < -0.4 is 5.32 Å². The molecule has 1 N–H and O–H groups in total. The van der Waals surface area contributed by atoms with E-state index in [9.17, 15) is 0 Å². The van der Waals surface area contributed by atoms with Crippen molar-refractivity contribution in [1.82, 2.24) is 5.32 Å². The smallest absolute Gasteiger partial charge is 0.0938 e. The SMILES string of the molecule is CC1=NC2CCCC(C)CC2N1. The van der Waals surface area contributed by atoms with Crippen LogP contribution in [0.5, 0.6) is 0 Å². The molecule has 0 aromatic carbocycles. The summed E-state index contributed by atoms with van der Waals surface area (Å²) in [4.78, 5) is 4.61. The van der Waals surface area contributed by atoms with Crippen molar-refractivity contribution in [1.29, 1.82) is 0 Å². The maximum atomic E-state index is 4.61. The van der Waals surface area contributed by atoms with E-state index in [-0.39, 0.29) is 0 Å². The zero-order valence-electron chi connectivity index (χ0n) is 8.01. The highest BCUT2D eigenvalue weighted by atomic mass is 15.1. The molecule has 1 heterocycles. The third-order valence-corrected chi connectivity index (χ3v) is 3.07. The molecule has 2 heteroatoms. The maximum Gasteiger partial charge on any atom is 0.0938 e. The van der Waals surface area contributed by atoms with Crippen LogP contribution in [0.15, 0.2) is 4.99 Å². The van der Waals surface area contributed by atoms with E-state index in [4.69, 9.17) is 0 Å². The predicted octanol–water partition coefficient (Wildman–Crippen LogP) is 1.96. The van der Waals surface area contributed by atoms with Gasteiger partial charge in [0, 0.05) is 6.04 Å². The standard InChI is InChI=1S/C10H18N2/c1-7-4-3-5-9-10(6-7)12-8(2)11-9/h7,9-10H,3-6H2,1-2H3,(H,11,12). The monoisotopic (exact) mass is 166 g/mol. The number of hydrogen-bond donors (Lipinski definition) is 1. The van der Waals surface area contributed by atoms with Gasteiger partial charge in [-0.1, -0.05) is 19.8 Å². The van der Waals surface area contributed by atoms with Crippen LogP contribution in [0.3, 0.4) is 0 Å². The molecule has 1 aliphatic heterocycles. The molecular formula is C10H18N2. The molecule has 1 saturated carbocycles. The first kappa shape index (κ1) is 8.09. The van der Waals surface area contributed by atoms with Crippen LogP contribution in [0.25, 0.3) is 0 Å². The fourth-order valence-corrected chi connectivity index (χ4v) is 2.45. The summed E-state index contributed by atoms with van der Waals surface area (Å²) in [6, 6.07) is 1.25. The Kier molecular flexibility index (Phi) is 2.07. The molecule has 0 spiro atoms. The topological polar surface area (TPSA) is 24.4 Å². The predicted molar refractivity (Wildman–Crippen MR) is 51.5 cm³/mol. The number of nitrogens with zero attached hydrogens (tertiary/aromatic N) is 1. The summed E-state index contributed by atoms with van der Waals surface area (Å²) >= 11 is 0. The van der Waals surface area contributed by atoms with Crippen molar-refractivity contribution in [3.8, 4) is 0 Å². The van der Waals surface area contributed by atoms with E-state index in [2.05, 4.69) is 24.2 Å². The summed E-state index contributed by atoms with van der Waals surface area (Å²) in [5, 5.41) is 3.48. The lowest BCUT2D eigenvalue weighted by Crippen LogP contribution is -2.34. The maximum absolute atomic E-state index is 4.61. The van der Waals surface area contributed by atoms with Gasteiger partial charge in [-0.3, -0.25) is 4.99 Å². The lowest BCUT2D eigenvalue weighted by molar-refractivity contribution is 0.438. The largest absolute Gasteiger partial charge is 0.369 e. The second-order valence-electron chi connectivity index (χ2n) is 4.30. The second kappa shape index (κ2) is 3.08. The van der Waals surface area contributed by atoms with Gasteiger partial charge in [-0.15, -0.1) is 0 Å². The van der Waals surface area contributed by atoms with Crippen LogP contribution in [-0.2, 0) is 0 Å². The molecular weight excluding hydrogens is 148 g/mol. The Bertz CT molecular complexity index is 198. The van der Waals surface area contributed by atoms with Crippen LogP contribution in [0, 0.1) is 5.92 Å². The summed E-state index contributed by atoms with van der Waals surface area (Å²) in [5.41, 5.74) is 0. The third-order valence-electron chi connectivity index (χ3n) is 3.07. The Labute approximate surface area is 74.5 Å².